The molecule has 0 aromatic heterocycles. The van der Waals surface area contributed by atoms with Crippen molar-refractivity contribution in [1.29, 1.82) is 0 Å². The molecular formula is C11H22O2S. The first-order valence-corrected chi connectivity index (χ1v) is 6.59. The van der Waals surface area contributed by atoms with E-state index in [4.69, 9.17) is 4.74 Å². The molecule has 0 aliphatic carbocycles. The van der Waals surface area contributed by atoms with Gasteiger partial charge in [0.2, 0.25) is 0 Å². The van der Waals surface area contributed by atoms with Crippen LogP contribution in [0.1, 0.15) is 40.0 Å². The Morgan fingerprint density at radius 2 is 2.14 bits per heavy atom. The quantitative estimate of drug-likeness (QED) is 0.462. The predicted molar refractivity (Wildman–Crippen MR) is 62.6 cm³/mol. The van der Waals surface area contributed by atoms with Gasteiger partial charge < -0.3 is 4.74 Å². The van der Waals surface area contributed by atoms with E-state index in [1.54, 1.807) is 11.8 Å². The van der Waals surface area contributed by atoms with E-state index < -0.39 is 0 Å². The molecule has 0 amide bonds. The molecule has 0 aliphatic heterocycles. The molecule has 2 nitrogen and oxygen atoms in total. The molecule has 0 radical (unpaired) electrons. The Labute approximate surface area is 91.8 Å². The van der Waals surface area contributed by atoms with Gasteiger partial charge in [-0.3, -0.25) is 4.79 Å². The lowest BCUT2D eigenvalue weighted by Gasteiger charge is -2.07. The van der Waals surface area contributed by atoms with E-state index in [9.17, 15) is 4.79 Å². The fourth-order valence-corrected chi connectivity index (χ4v) is 1.84. The highest BCUT2D eigenvalue weighted by Gasteiger charge is 2.04. The van der Waals surface area contributed by atoms with Gasteiger partial charge in [0, 0.05) is 0 Å². The minimum absolute atomic E-state index is 0.0632. The number of unbranched alkanes of at least 4 members (excludes halogenated alkanes) is 1. The second-order valence-electron chi connectivity index (χ2n) is 3.60. The van der Waals surface area contributed by atoms with E-state index in [1.807, 2.05) is 0 Å². The topological polar surface area (TPSA) is 26.3 Å². The van der Waals surface area contributed by atoms with Crippen molar-refractivity contribution in [2.75, 3.05) is 18.1 Å². The van der Waals surface area contributed by atoms with Crippen molar-refractivity contribution in [3.8, 4) is 0 Å². The van der Waals surface area contributed by atoms with Crippen LogP contribution in [-0.2, 0) is 9.53 Å². The molecule has 1 unspecified atom stereocenters. The van der Waals surface area contributed by atoms with Crippen LogP contribution in [0.3, 0.4) is 0 Å². The second kappa shape index (κ2) is 9.38. The van der Waals surface area contributed by atoms with Crippen LogP contribution in [0, 0.1) is 5.92 Å². The fraction of sp³-hybridized carbons (Fsp3) is 0.909. The fourth-order valence-electron chi connectivity index (χ4n) is 0.833. The zero-order valence-corrected chi connectivity index (χ0v) is 10.4. The monoisotopic (exact) mass is 218 g/mol. The van der Waals surface area contributed by atoms with Crippen molar-refractivity contribution >= 4 is 17.7 Å². The highest BCUT2D eigenvalue weighted by Crippen LogP contribution is 2.11. The summed E-state index contributed by atoms with van der Waals surface area (Å²) >= 11 is 1.68. The van der Waals surface area contributed by atoms with Gasteiger partial charge in [-0.2, -0.15) is 0 Å². The first-order valence-electron chi connectivity index (χ1n) is 5.44. The summed E-state index contributed by atoms with van der Waals surface area (Å²) in [4.78, 5) is 11.1. The highest BCUT2D eigenvalue weighted by molar-refractivity contribution is 7.99. The first-order chi connectivity index (χ1) is 6.70. The molecular weight excluding hydrogens is 196 g/mol. The first kappa shape index (κ1) is 13.8. The lowest BCUT2D eigenvalue weighted by molar-refractivity contribution is -0.140. The van der Waals surface area contributed by atoms with Crippen molar-refractivity contribution in [3.05, 3.63) is 0 Å². The lowest BCUT2D eigenvalue weighted by atomic mass is 10.2. The third-order valence-electron chi connectivity index (χ3n) is 2.08. The summed E-state index contributed by atoms with van der Waals surface area (Å²) in [7, 11) is 0. The van der Waals surface area contributed by atoms with E-state index in [2.05, 4.69) is 20.8 Å². The summed E-state index contributed by atoms with van der Waals surface area (Å²) in [5, 5.41) is 0. The molecule has 14 heavy (non-hydrogen) atoms. The van der Waals surface area contributed by atoms with Gasteiger partial charge in [-0.05, 0) is 18.1 Å². The Kier molecular flexibility index (Phi) is 9.26. The van der Waals surface area contributed by atoms with Crippen molar-refractivity contribution in [1.82, 2.24) is 0 Å². The van der Waals surface area contributed by atoms with Gasteiger partial charge in [0.1, 0.15) is 0 Å². The van der Waals surface area contributed by atoms with Gasteiger partial charge in [0.25, 0.3) is 0 Å². The Morgan fingerprint density at radius 3 is 2.71 bits per heavy atom. The molecule has 84 valence electrons. The summed E-state index contributed by atoms with van der Waals surface area (Å²) < 4.78 is 5.04. The molecule has 0 bridgehead atoms. The van der Waals surface area contributed by atoms with E-state index in [0.717, 1.165) is 18.6 Å². The third kappa shape index (κ3) is 8.42. The molecule has 0 N–H and O–H groups in total. The smallest absolute Gasteiger partial charge is 0.315 e. The standard InChI is InChI=1S/C11H22O2S/c1-4-6-7-13-11(12)9-14-8-10(3)5-2/h10H,4-9H2,1-3H3. The van der Waals surface area contributed by atoms with Crippen LogP contribution in [0.2, 0.25) is 0 Å². The van der Waals surface area contributed by atoms with Gasteiger partial charge in [-0.25, -0.2) is 0 Å². The van der Waals surface area contributed by atoms with Gasteiger partial charge >= 0.3 is 5.97 Å². The number of thioether (sulfide) groups is 1. The predicted octanol–water partition coefficient (Wildman–Crippen LogP) is 3.11. The molecule has 1 atom stereocenters. The average molecular weight is 218 g/mol. The van der Waals surface area contributed by atoms with Crippen LogP contribution in [-0.4, -0.2) is 24.1 Å². The normalized spacial score (nSPS) is 12.5. The van der Waals surface area contributed by atoms with E-state index in [-0.39, 0.29) is 5.97 Å². The molecule has 0 aliphatic rings. The summed E-state index contributed by atoms with van der Waals surface area (Å²) in [6, 6.07) is 0. The maximum atomic E-state index is 11.1. The van der Waals surface area contributed by atoms with Crippen molar-refractivity contribution < 1.29 is 9.53 Å². The molecule has 0 rings (SSSR count). The van der Waals surface area contributed by atoms with Crippen LogP contribution in [0.15, 0.2) is 0 Å². The van der Waals surface area contributed by atoms with Crippen LogP contribution >= 0.6 is 11.8 Å². The maximum absolute atomic E-state index is 11.1. The average Bonchev–Trinajstić information content (AvgIpc) is 2.18. The molecule has 0 saturated heterocycles. The molecule has 0 spiro atoms. The maximum Gasteiger partial charge on any atom is 0.315 e. The SMILES string of the molecule is CCCCOC(=O)CSCC(C)CC. The number of rotatable bonds is 8. The number of esters is 1. The second-order valence-corrected chi connectivity index (χ2v) is 4.63. The molecule has 0 saturated carbocycles. The summed E-state index contributed by atoms with van der Waals surface area (Å²) in [5.41, 5.74) is 0. The van der Waals surface area contributed by atoms with Crippen LogP contribution < -0.4 is 0 Å². The number of hydrogen-bond donors (Lipinski definition) is 0. The highest BCUT2D eigenvalue weighted by atomic mass is 32.2. The number of ether oxygens (including phenoxy) is 1. The van der Waals surface area contributed by atoms with Crippen molar-refractivity contribution in [2.24, 2.45) is 5.92 Å². The third-order valence-corrected chi connectivity index (χ3v) is 3.32. The molecule has 3 heteroatoms. The summed E-state index contributed by atoms with van der Waals surface area (Å²) in [5.74, 6) is 2.20. The number of carbonyl (C=O) groups is 1. The number of carbonyl (C=O) groups excluding carboxylic acids is 1. The van der Waals surface area contributed by atoms with Crippen LogP contribution in [0.5, 0.6) is 0 Å². The van der Waals surface area contributed by atoms with Crippen LogP contribution in [0.4, 0.5) is 0 Å². The summed E-state index contributed by atoms with van der Waals surface area (Å²) in [6.45, 7) is 7.05. The van der Waals surface area contributed by atoms with Gasteiger partial charge in [-0.15, -0.1) is 11.8 Å². The van der Waals surface area contributed by atoms with Crippen LogP contribution in [0.25, 0.3) is 0 Å². The molecule has 0 fully saturated rings. The van der Waals surface area contributed by atoms with E-state index in [1.165, 1.54) is 6.42 Å². The van der Waals surface area contributed by atoms with E-state index in [0.29, 0.717) is 18.3 Å². The molecule has 0 heterocycles. The van der Waals surface area contributed by atoms with Crippen molar-refractivity contribution in [3.63, 3.8) is 0 Å². The van der Waals surface area contributed by atoms with Gasteiger partial charge in [-0.1, -0.05) is 33.6 Å². The van der Waals surface area contributed by atoms with Gasteiger partial charge in [0.15, 0.2) is 0 Å². The van der Waals surface area contributed by atoms with Gasteiger partial charge in [0.05, 0.1) is 12.4 Å². The minimum atomic E-state index is -0.0632. The zero-order valence-electron chi connectivity index (χ0n) is 9.54. The Hall–Kier alpha value is -0.180. The van der Waals surface area contributed by atoms with E-state index >= 15 is 0 Å². The minimum Gasteiger partial charge on any atom is -0.465 e. The number of hydrogen-bond acceptors (Lipinski definition) is 3. The lowest BCUT2D eigenvalue weighted by Crippen LogP contribution is -2.09. The van der Waals surface area contributed by atoms with Crippen molar-refractivity contribution in [2.45, 2.75) is 40.0 Å². The Morgan fingerprint density at radius 1 is 1.43 bits per heavy atom. The largest absolute Gasteiger partial charge is 0.465 e. The molecule has 0 aromatic rings. The molecule has 0 aromatic carbocycles. The summed E-state index contributed by atoms with van der Waals surface area (Å²) in [6.07, 6.45) is 3.23. The Bertz CT molecular complexity index is 148. The zero-order chi connectivity index (χ0) is 10.8. The Balaban J connectivity index is 3.26.